The zero-order valence-corrected chi connectivity index (χ0v) is 13.3. The maximum absolute atomic E-state index is 12.4. The Hall–Kier alpha value is -1.74. The van der Waals surface area contributed by atoms with Gasteiger partial charge in [0.2, 0.25) is 0 Å². The number of carbonyl (C=O) groups is 1. The van der Waals surface area contributed by atoms with Crippen LogP contribution in [0.5, 0.6) is 5.75 Å². The van der Waals surface area contributed by atoms with Gasteiger partial charge in [-0.05, 0) is 37.1 Å². The molecule has 0 amide bonds. The summed E-state index contributed by atoms with van der Waals surface area (Å²) in [7, 11) is 0. The molecule has 0 unspecified atom stereocenters. The second kappa shape index (κ2) is 7.89. The highest BCUT2D eigenvalue weighted by molar-refractivity contribution is 8.00. The first-order valence-electron chi connectivity index (χ1n) is 7.16. The Labute approximate surface area is 130 Å². The summed E-state index contributed by atoms with van der Waals surface area (Å²) in [5.74, 6) is 1.22. The molecule has 2 rings (SSSR count). The summed E-state index contributed by atoms with van der Waals surface area (Å²) in [4.78, 5) is 13.6. The van der Waals surface area contributed by atoms with E-state index in [-0.39, 0.29) is 5.78 Å². The summed E-state index contributed by atoms with van der Waals surface area (Å²) in [6, 6.07) is 15.6. The van der Waals surface area contributed by atoms with Gasteiger partial charge in [0, 0.05) is 4.90 Å². The third-order valence-electron chi connectivity index (χ3n) is 3.10. The van der Waals surface area contributed by atoms with Crippen LogP contribution in [0.3, 0.4) is 0 Å². The topological polar surface area (TPSA) is 26.3 Å². The van der Waals surface area contributed by atoms with Gasteiger partial charge < -0.3 is 4.74 Å². The lowest BCUT2D eigenvalue weighted by Gasteiger charge is -2.10. The Kier molecular flexibility index (Phi) is 5.88. The van der Waals surface area contributed by atoms with E-state index in [1.54, 1.807) is 11.8 Å². The first-order valence-corrected chi connectivity index (χ1v) is 8.14. The van der Waals surface area contributed by atoms with Crippen LogP contribution in [0.15, 0.2) is 53.4 Å². The smallest absolute Gasteiger partial charge is 0.176 e. The Morgan fingerprint density at radius 3 is 2.57 bits per heavy atom. The largest absolute Gasteiger partial charge is 0.493 e. The van der Waals surface area contributed by atoms with Crippen LogP contribution in [0.25, 0.3) is 0 Å². The number of ketones is 1. The van der Waals surface area contributed by atoms with Gasteiger partial charge in [0.05, 0.1) is 17.9 Å². The van der Waals surface area contributed by atoms with Crippen LogP contribution < -0.4 is 4.74 Å². The number of rotatable bonds is 7. The number of aryl methyl sites for hydroxylation is 1. The van der Waals surface area contributed by atoms with Gasteiger partial charge in [0.15, 0.2) is 5.78 Å². The van der Waals surface area contributed by atoms with Crippen LogP contribution in [-0.2, 0) is 0 Å². The summed E-state index contributed by atoms with van der Waals surface area (Å²) in [6.45, 7) is 4.75. The molecule has 110 valence electrons. The molecule has 0 spiro atoms. The molecule has 21 heavy (non-hydrogen) atoms. The van der Waals surface area contributed by atoms with Gasteiger partial charge in [-0.3, -0.25) is 4.79 Å². The maximum atomic E-state index is 12.4. The van der Waals surface area contributed by atoms with E-state index in [9.17, 15) is 4.79 Å². The van der Waals surface area contributed by atoms with Crippen LogP contribution in [-0.4, -0.2) is 18.1 Å². The highest BCUT2D eigenvalue weighted by Gasteiger charge is 2.12. The molecule has 2 nitrogen and oxygen atoms in total. The molecular formula is C18H20O2S. The lowest BCUT2D eigenvalue weighted by molar-refractivity contribution is 0.101. The third-order valence-corrected chi connectivity index (χ3v) is 4.28. The fourth-order valence-electron chi connectivity index (χ4n) is 1.97. The van der Waals surface area contributed by atoms with E-state index in [1.807, 2.05) is 42.5 Å². The molecule has 0 saturated carbocycles. The Bertz CT molecular complexity index is 608. The van der Waals surface area contributed by atoms with Crippen molar-refractivity contribution in [2.24, 2.45) is 0 Å². The summed E-state index contributed by atoms with van der Waals surface area (Å²) >= 11 is 1.58. The Morgan fingerprint density at radius 2 is 1.81 bits per heavy atom. The van der Waals surface area contributed by atoms with Crippen molar-refractivity contribution in [1.82, 2.24) is 0 Å². The lowest BCUT2D eigenvalue weighted by Crippen LogP contribution is -2.07. The summed E-state index contributed by atoms with van der Waals surface area (Å²) < 4.78 is 5.65. The highest BCUT2D eigenvalue weighted by Crippen LogP contribution is 2.25. The zero-order chi connectivity index (χ0) is 15.1. The van der Waals surface area contributed by atoms with E-state index in [2.05, 4.69) is 19.9 Å². The number of hydrogen-bond donors (Lipinski definition) is 0. The van der Waals surface area contributed by atoms with Crippen LogP contribution in [0.1, 0.15) is 29.3 Å². The number of carbonyl (C=O) groups excluding carboxylic acids is 1. The quantitative estimate of drug-likeness (QED) is 0.545. The fourth-order valence-corrected chi connectivity index (χ4v) is 2.89. The molecule has 0 aromatic heterocycles. The molecule has 0 heterocycles. The predicted molar refractivity (Wildman–Crippen MR) is 88.5 cm³/mol. The normalized spacial score (nSPS) is 10.4. The third kappa shape index (κ3) is 4.36. The number of thioether (sulfide) groups is 1. The maximum Gasteiger partial charge on any atom is 0.176 e. The SMILES string of the molecule is CCCOc1ccccc1C(=O)CSc1ccccc1C. The van der Waals surface area contributed by atoms with E-state index < -0.39 is 0 Å². The van der Waals surface area contributed by atoms with Crippen molar-refractivity contribution in [2.75, 3.05) is 12.4 Å². The molecule has 3 heteroatoms. The minimum atomic E-state index is 0.106. The molecule has 0 radical (unpaired) electrons. The second-order valence-corrected chi connectivity index (χ2v) is 5.84. The number of Topliss-reactive ketones (excluding diaryl/α,β-unsaturated/α-hetero) is 1. The van der Waals surface area contributed by atoms with Crippen molar-refractivity contribution in [3.8, 4) is 5.75 Å². The molecule has 0 N–H and O–H groups in total. The monoisotopic (exact) mass is 300 g/mol. The highest BCUT2D eigenvalue weighted by atomic mass is 32.2. The Morgan fingerprint density at radius 1 is 1.10 bits per heavy atom. The van der Waals surface area contributed by atoms with Gasteiger partial charge in [-0.25, -0.2) is 0 Å². The summed E-state index contributed by atoms with van der Waals surface area (Å²) in [5.41, 5.74) is 1.87. The van der Waals surface area contributed by atoms with Crippen LogP contribution >= 0.6 is 11.8 Å². The van der Waals surface area contributed by atoms with Gasteiger partial charge in [0.25, 0.3) is 0 Å². The number of para-hydroxylation sites is 1. The predicted octanol–water partition coefficient (Wildman–Crippen LogP) is 4.76. The van der Waals surface area contributed by atoms with Gasteiger partial charge in [-0.2, -0.15) is 0 Å². The van der Waals surface area contributed by atoms with Gasteiger partial charge in [-0.1, -0.05) is 37.3 Å². The molecule has 0 saturated heterocycles. The van der Waals surface area contributed by atoms with E-state index >= 15 is 0 Å². The minimum absolute atomic E-state index is 0.106. The molecule has 2 aromatic rings. The van der Waals surface area contributed by atoms with Crippen molar-refractivity contribution in [3.05, 3.63) is 59.7 Å². The van der Waals surface area contributed by atoms with Crippen LogP contribution in [0.4, 0.5) is 0 Å². The van der Waals surface area contributed by atoms with Crippen molar-refractivity contribution in [3.63, 3.8) is 0 Å². The van der Waals surface area contributed by atoms with Crippen molar-refractivity contribution >= 4 is 17.5 Å². The van der Waals surface area contributed by atoms with E-state index in [0.29, 0.717) is 23.7 Å². The van der Waals surface area contributed by atoms with Gasteiger partial charge in [-0.15, -0.1) is 11.8 Å². The fraction of sp³-hybridized carbons (Fsp3) is 0.278. The minimum Gasteiger partial charge on any atom is -0.493 e. The van der Waals surface area contributed by atoms with Crippen LogP contribution in [0, 0.1) is 6.92 Å². The van der Waals surface area contributed by atoms with E-state index in [4.69, 9.17) is 4.74 Å². The molecule has 0 atom stereocenters. The van der Waals surface area contributed by atoms with Gasteiger partial charge in [0.1, 0.15) is 5.75 Å². The molecule has 0 fully saturated rings. The van der Waals surface area contributed by atoms with Crippen molar-refractivity contribution in [1.29, 1.82) is 0 Å². The first kappa shape index (κ1) is 15.6. The summed E-state index contributed by atoms with van der Waals surface area (Å²) in [6.07, 6.45) is 0.931. The van der Waals surface area contributed by atoms with Gasteiger partial charge >= 0.3 is 0 Å². The second-order valence-electron chi connectivity index (χ2n) is 4.82. The van der Waals surface area contributed by atoms with E-state index in [1.165, 1.54) is 5.56 Å². The van der Waals surface area contributed by atoms with Crippen molar-refractivity contribution < 1.29 is 9.53 Å². The average molecular weight is 300 g/mol. The molecule has 0 bridgehead atoms. The van der Waals surface area contributed by atoms with E-state index in [0.717, 1.165) is 11.3 Å². The molecule has 0 aliphatic carbocycles. The number of hydrogen-bond acceptors (Lipinski definition) is 3. The zero-order valence-electron chi connectivity index (χ0n) is 12.5. The number of ether oxygens (including phenoxy) is 1. The Balaban J connectivity index is 2.05. The first-order chi connectivity index (χ1) is 10.2. The molecule has 0 aliphatic rings. The standard InChI is InChI=1S/C18H20O2S/c1-3-12-20-17-10-6-5-9-15(17)16(19)13-21-18-11-7-4-8-14(18)2/h4-11H,3,12-13H2,1-2H3. The lowest BCUT2D eigenvalue weighted by atomic mass is 10.1. The van der Waals surface area contributed by atoms with Crippen molar-refractivity contribution in [2.45, 2.75) is 25.2 Å². The molecule has 0 aliphatic heterocycles. The van der Waals surface area contributed by atoms with Crippen LogP contribution in [0.2, 0.25) is 0 Å². The summed E-state index contributed by atoms with van der Waals surface area (Å²) in [5, 5.41) is 0. The molecular weight excluding hydrogens is 280 g/mol. The average Bonchev–Trinajstić information content (AvgIpc) is 2.52. The number of benzene rings is 2. The molecule has 2 aromatic carbocycles.